The lowest BCUT2D eigenvalue weighted by molar-refractivity contribution is 0.0799. The van der Waals surface area contributed by atoms with Crippen LogP contribution in [0.15, 0.2) is 28.8 Å². The van der Waals surface area contributed by atoms with Crippen LogP contribution in [0.4, 0.5) is 10.3 Å². The number of halogens is 1. The number of nitrogens with one attached hydrogen (secondary N) is 1. The third-order valence-corrected chi connectivity index (χ3v) is 7.17. The number of carbonyl (C=O) groups is 1. The maximum atomic E-state index is 15.4. The van der Waals surface area contributed by atoms with Gasteiger partial charge in [0.1, 0.15) is 17.0 Å². The Bertz CT molecular complexity index is 1230. The van der Waals surface area contributed by atoms with Gasteiger partial charge in [-0.1, -0.05) is 0 Å². The van der Waals surface area contributed by atoms with Gasteiger partial charge in [-0.05, 0) is 31.0 Å². The first-order valence-corrected chi connectivity index (χ1v) is 10.6. The van der Waals surface area contributed by atoms with E-state index in [2.05, 4.69) is 20.5 Å². The number of fused-ring (bicyclic) bond motifs is 2. The SMILES string of the molecule is CN(C)C(=O)c1cc2cc(O)c(-c3cnc(N(C)[C@H]4CC5CC6C(N5)[C@@]64F)nn3)cc2o1. The number of hydrogen-bond donors (Lipinski definition) is 2. The van der Waals surface area contributed by atoms with E-state index in [1.54, 1.807) is 38.2 Å². The zero-order valence-corrected chi connectivity index (χ0v) is 17.9. The molecule has 4 fully saturated rings. The lowest BCUT2D eigenvalue weighted by atomic mass is 9.87. The second kappa shape index (κ2) is 6.38. The number of aromatic hydroxyl groups is 1. The number of alkyl halides is 1. The molecule has 1 amide bonds. The summed E-state index contributed by atoms with van der Waals surface area (Å²) in [6, 6.07) is 4.74. The van der Waals surface area contributed by atoms with Gasteiger partial charge in [-0.15, -0.1) is 10.2 Å². The van der Waals surface area contributed by atoms with Crippen LogP contribution in [0.3, 0.4) is 0 Å². The van der Waals surface area contributed by atoms with Gasteiger partial charge in [-0.2, -0.15) is 0 Å². The first-order valence-electron chi connectivity index (χ1n) is 10.6. The van der Waals surface area contributed by atoms with Gasteiger partial charge >= 0.3 is 0 Å². The maximum Gasteiger partial charge on any atom is 0.289 e. The highest BCUT2D eigenvalue weighted by Crippen LogP contribution is 2.62. The molecule has 7 rings (SSSR count). The number of anilines is 1. The number of furan rings is 1. The van der Waals surface area contributed by atoms with Crippen LogP contribution in [0.25, 0.3) is 22.2 Å². The van der Waals surface area contributed by atoms with Gasteiger partial charge in [-0.25, -0.2) is 9.37 Å². The summed E-state index contributed by atoms with van der Waals surface area (Å²) in [6.45, 7) is 0. The van der Waals surface area contributed by atoms with Crippen molar-refractivity contribution in [3.05, 3.63) is 30.2 Å². The van der Waals surface area contributed by atoms with Gasteiger partial charge < -0.3 is 24.6 Å². The number of amides is 1. The van der Waals surface area contributed by atoms with Crippen molar-refractivity contribution in [3.8, 4) is 17.0 Å². The van der Waals surface area contributed by atoms with Crippen molar-refractivity contribution in [2.45, 2.75) is 36.6 Å². The summed E-state index contributed by atoms with van der Waals surface area (Å²) in [5, 5.41) is 22.9. The van der Waals surface area contributed by atoms with Gasteiger partial charge in [0.2, 0.25) is 5.95 Å². The molecule has 0 radical (unpaired) electrons. The van der Waals surface area contributed by atoms with Gasteiger partial charge in [0.25, 0.3) is 5.91 Å². The van der Waals surface area contributed by atoms with Crippen LogP contribution in [-0.2, 0) is 0 Å². The number of phenolic OH excluding ortho intramolecular Hbond substituents is 1. The normalized spacial score (nSPS) is 29.9. The molecule has 2 N–H and O–H groups in total. The number of nitrogens with zero attached hydrogens (tertiary/aromatic N) is 5. The van der Waals surface area contributed by atoms with E-state index in [1.165, 1.54) is 17.2 Å². The maximum absolute atomic E-state index is 15.4. The average Bonchev–Trinajstić information content (AvgIpc) is 3.11. The van der Waals surface area contributed by atoms with Crippen molar-refractivity contribution in [3.63, 3.8) is 0 Å². The quantitative estimate of drug-likeness (QED) is 0.637. The molecular formula is C22H23FN6O3. The first kappa shape index (κ1) is 19.4. The van der Waals surface area contributed by atoms with Gasteiger partial charge in [0.05, 0.1) is 12.2 Å². The summed E-state index contributed by atoms with van der Waals surface area (Å²) in [4.78, 5) is 19.8. The monoisotopic (exact) mass is 438 g/mol. The molecule has 2 saturated carbocycles. The minimum Gasteiger partial charge on any atom is -0.507 e. The number of hydrogen-bond acceptors (Lipinski definition) is 8. The molecule has 166 valence electrons. The van der Waals surface area contributed by atoms with E-state index in [0.29, 0.717) is 34.2 Å². The minimum absolute atomic E-state index is 0.0265. The van der Waals surface area contributed by atoms with E-state index in [9.17, 15) is 9.90 Å². The van der Waals surface area contributed by atoms with Crippen LogP contribution in [0.5, 0.6) is 5.75 Å². The van der Waals surface area contributed by atoms with Crippen molar-refractivity contribution >= 4 is 22.8 Å². The van der Waals surface area contributed by atoms with Crippen LogP contribution >= 0.6 is 0 Å². The van der Waals surface area contributed by atoms with Crippen molar-refractivity contribution in [1.29, 1.82) is 0 Å². The van der Waals surface area contributed by atoms with Gasteiger partial charge in [0, 0.05) is 50.1 Å². The fourth-order valence-electron chi connectivity index (χ4n) is 5.46. The Hall–Kier alpha value is -3.27. The van der Waals surface area contributed by atoms with E-state index in [0.717, 1.165) is 12.8 Å². The highest BCUT2D eigenvalue weighted by Gasteiger charge is 2.77. The number of piperidine rings is 2. The summed E-state index contributed by atoms with van der Waals surface area (Å²) < 4.78 is 21.0. The summed E-state index contributed by atoms with van der Waals surface area (Å²) >= 11 is 0. The van der Waals surface area contributed by atoms with Crippen molar-refractivity contribution < 1.29 is 18.7 Å². The summed E-state index contributed by atoms with van der Waals surface area (Å²) in [7, 11) is 5.08. The number of benzene rings is 1. The predicted octanol–water partition coefficient (Wildman–Crippen LogP) is 1.97. The molecule has 2 aliphatic heterocycles. The Balaban J connectivity index is 1.28. The summed E-state index contributed by atoms with van der Waals surface area (Å²) in [6.07, 6.45) is 3.13. The van der Waals surface area contributed by atoms with Crippen LogP contribution in [-0.4, -0.2) is 76.0 Å². The molecule has 4 bridgehead atoms. The molecule has 3 aromatic rings. The molecular weight excluding hydrogens is 415 g/mol. The smallest absolute Gasteiger partial charge is 0.289 e. The van der Waals surface area contributed by atoms with E-state index in [-0.39, 0.29) is 35.4 Å². The first-order chi connectivity index (χ1) is 15.3. The average molecular weight is 438 g/mol. The van der Waals surface area contributed by atoms with Crippen LogP contribution < -0.4 is 10.2 Å². The lowest BCUT2D eigenvalue weighted by Gasteiger charge is -2.40. The zero-order chi connectivity index (χ0) is 22.4. The standard InChI is InChI=1S/C22H23FN6O3/c1-28(2)20(31)17-5-10-4-15(30)12(8-16(10)32-17)14-9-24-21(27-26-14)29(3)18-7-11-6-13-19(25-11)22(13,18)23/h4-5,8-9,11,13,18-19,25,30H,6-7H2,1-3H3/t11?,13?,18-,19?,22+/m0/s1. The summed E-state index contributed by atoms with van der Waals surface area (Å²) in [5.41, 5.74) is -0.0438. The topological polar surface area (TPSA) is 108 Å². The van der Waals surface area contributed by atoms with Crippen LogP contribution in [0.1, 0.15) is 23.4 Å². The molecule has 0 spiro atoms. The van der Waals surface area contributed by atoms with Crippen molar-refractivity contribution in [2.75, 3.05) is 26.0 Å². The summed E-state index contributed by atoms with van der Waals surface area (Å²) in [5.74, 6) is 0.320. The Morgan fingerprint density at radius 2 is 2.06 bits per heavy atom. The fourth-order valence-corrected chi connectivity index (χ4v) is 5.46. The second-order valence-electron chi connectivity index (χ2n) is 9.23. The molecule has 3 unspecified atom stereocenters. The molecule has 2 aliphatic carbocycles. The highest BCUT2D eigenvalue weighted by molar-refractivity contribution is 5.97. The number of carbonyl (C=O) groups excluding carboxylic acids is 1. The van der Waals surface area contributed by atoms with Crippen molar-refractivity contribution in [1.82, 2.24) is 25.4 Å². The van der Waals surface area contributed by atoms with E-state index >= 15 is 4.39 Å². The predicted molar refractivity (Wildman–Crippen MR) is 114 cm³/mol. The van der Waals surface area contributed by atoms with Crippen LogP contribution in [0, 0.1) is 5.92 Å². The molecule has 5 atom stereocenters. The number of rotatable bonds is 4. The lowest BCUT2D eigenvalue weighted by Crippen LogP contribution is -2.56. The Morgan fingerprint density at radius 3 is 2.72 bits per heavy atom. The third-order valence-electron chi connectivity index (χ3n) is 7.17. The fraction of sp³-hybridized carbons (Fsp3) is 0.455. The van der Waals surface area contributed by atoms with Crippen molar-refractivity contribution in [2.24, 2.45) is 5.92 Å². The molecule has 4 aliphatic rings. The van der Waals surface area contributed by atoms with E-state index in [1.807, 2.05) is 0 Å². The van der Waals surface area contributed by atoms with E-state index in [4.69, 9.17) is 4.42 Å². The molecule has 9 nitrogen and oxygen atoms in total. The number of phenols is 1. The van der Waals surface area contributed by atoms with Crippen LogP contribution in [0.2, 0.25) is 0 Å². The Kier molecular flexibility index (Phi) is 3.87. The molecule has 32 heavy (non-hydrogen) atoms. The number of aromatic nitrogens is 3. The third kappa shape index (κ3) is 2.59. The largest absolute Gasteiger partial charge is 0.507 e. The zero-order valence-electron chi connectivity index (χ0n) is 17.9. The highest BCUT2D eigenvalue weighted by atomic mass is 19.1. The molecule has 2 aromatic heterocycles. The van der Waals surface area contributed by atoms with Gasteiger partial charge in [-0.3, -0.25) is 4.79 Å². The molecule has 10 heteroatoms. The Labute approximate surface area is 183 Å². The molecule has 1 aromatic carbocycles. The molecule has 4 heterocycles. The minimum atomic E-state index is -1.23. The van der Waals surface area contributed by atoms with Gasteiger partial charge in [0.15, 0.2) is 11.4 Å². The second-order valence-corrected chi connectivity index (χ2v) is 9.23. The molecule has 2 saturated heterocycles. The van der Waals surface area contributed by atoms with E-state index < -0.39 is 5.67 Å². The Morgan fingerprint density at radius 1 is 1.25 bits per heavy atom.